The number of benzene rings is 2. The van der Waals surface area contributed by atoms with Crippen molar-refractivity contribution in [1.82, 2.24) is 4.90 Å². The maximum atomic E-state index is 12.4. The molecule has 2 aliphatic heterocycles. The van der Waals surface area contributed by atoms with Gasteiger partial charge in [0.25, 0.3) is 0 Å². The molecule has 46 heavy (non-hydrogen) atoms. The van der Waals surface area contributed by atoms with Crippen LogP contribution in [0.1, 0.15) is 47.9 Å². The lowest BCUT2D eigenvalue weighted by Gasteiger charge is -2.38. The van der Waals surface area contributed by atoms with E-state index in [1.54, 1.807) is 24.3 Å². The minimum atomic E-state index is -1.99. The van der Waals surface area contributed by atoms with E-state index >= 15 is 0 Å². The topological polar surface area (TPSA) is 160 Å². The van der Waals surface area contributed by atoms with Gasteiger partial charge in [0, 0.05) is 26.2 Å². The van der Waals surface area contributed by atoms with Crippen molar-refractivity contribution in [2.75, 3.05) is 75.7 Å². The maximum Gasteiger partial charge on any atom is 0.338 e. The van der Waals surface area contributed by atoms with E-state index in [9.17, 15) is 9.59 Å². The Labute approximate surface area is 272 Å². The van der Waals surface area contributed by atoms with Gasteiger partial charge in [0.2, 0.25) is 0 Å². The fourth-order valence-electron chi connectivity index (χ4n) is 5.25. The Balaban J connectivity index is 1.69. The Morgan fingerprint density at radius 3 is 1.78 bits per heavy atom. The van der Waals surface area contributed by atoms with Crippen LogP contribution in [0.4, 0.5) is 22.7 Å². The highest BCUT2D eigenvalue weighted by atomic mass is 28.4. The predicted octanol–water partition coefficient (Wildman–Crippen LogP) is 4.74. The number of nitrogen functional groups attached to an aromatic ring is 2. The molecule has 0 radical (unpaired) electrons. The van der Waals surface area contributed by atoms with Gasteiger partial charge in [-0.05, 0) is 48.8 Å². The van der Waals surface area contributed by atoms with Crippen LogP contribution in [0.25, 0.3) is 0 Å². The van der Waals surface area contributed by atoms with Crippen molar-refractivity contribution in [2.24, 2.45) is 0 Å². The average molecular weight is 656 g/mol. The number of esters is 2. The van der Waals surface area contributed by atoms with Crippen molar-refractivity contribution in [3.8, 4) is 11.5 Å². The zero-order valence-electron chi connectivity index (χ0n) is 28.0. The second-order valence-corrected chi connectivity index (χ2v) is 17.9. The predicted molar refractivity (Wildman–Crippen MR) is 184 cm³/mol. The Morgan fingerprint density at radius 1 is 0.870 bits per heavy atom. The van der Waals surface area contributed by atoms with Crippen LogP contribution < -0.4 is 31.6 Å². The number of carbonyl (C=O) groups is 2. The molecule has 0 aliphatic carbocycles. The Hall–Kier alpha value is -3.94. The molecule has 2 heterocycles. The first-order chi connectivity index (χ1) is 21.7. The minimum Gasteiger partial charge on any atom is -0.490 e. The monoisotopic (exact) mass is 655 g/mol. The van der Waals surface area contributed by atoms with Gasteiger partial charge in [0.1, 0.15) is 36.1 Å². The molecule has 252 valence electrons. The maximum absolute atomic E-state index is 12.4. The molecule has 0 spiro atoms. The van der Waals surface area contributed by atoms with Crippen molar-refractivity contribution in [1.29, 1.82) is 0 Å². The molecule has 4 rings (SSSR count). The van der Waals surface area contributed by atoms with Gasteiger partial charge in [-0.1, -0.05) is 32.9 Å². The molecule has 2 aromatic carbocycles. The van der Waals surface area contributed by atoms with E-state index < -0.39 is 20.3 Å². The second kappa shape index (κ2) is 14.7. The third-order valence-corrected chi connectivity index (χ3v) is 13.4. The zero-order chi connectivity index (χ0) is 33.6. The molecule has 13 heteroatoms. The largest absolute Gasteiger partial charge is 0.490 e. The highest BCUT2D eigenvalue weighted by molar-refractivity contribution is 6.74. The molecule has 0 amide bonds. The van der Waals surface area contributed by atoms with Gasteiger partial charge in [-0.25, -0.2) is 9.59 Å². The van der Waals surface area contributed by atoms with Gasteiger partial charge < -0.3 is 45.5 Å². The van der Waals surface area contributed by atoms with Crippen molar-refractivity contribution < 1.29 is 33.0 Å². The highest BCUT2D eigenvalue weighted by Crippen LogP contribution is 2.39. The summed E-state index contributed by atoms with van der Waals surface area (Å²) in [7, 11) is 0.663. The molecule has 0 aromatic heterocycles. The summed E-state index contributed by atoms with van der Waals surface area (Å²) in [6.07, 6.45) is 4.82. The molecular weight excluding hydrogens is 606 g/mol. The fourth-order valence-corrected chi connectivity index (χ4v) is 6.63. The first-order valence-corrected chi connectivity index (χ1v) is 18.5. The van der Waals surface area contributed by atoms with Crippen LogP contribution in [0.5, 0.6) is 11.5 Å². The molecule has 1 fully saturated rings. The van der Waals surface area contributed by atoms with Crippen LogP contribution in [0.2, 0.25) is 18.1 Å². The van der Waals surface area contributed by atoms with E-state index in [0.717, 1.165) is 13.0 Å². The summed E-state index contributed by atoms with van der Waals surface area (Å²) in [6, 6.07) is 6.18. The number of fused-ring (bicyclic) bond motifs is 2. The third kappa shape index (κ3) is 8.25. The summed E-state index contributed by atoms with van der Waals surface area (Å²) in [5.74, 6) is -0.170. The first kappa shape index (κ1) is 34.9. The van der Waals surface area contributed by atoms with Crippen LogP contribution in [0.3, 0.4) is 0 Å². The Bertz CT molecular complexity index is 1360. The first-order valence-electron chi connectivity index (χ1n) is 15.6. The number of carbonyl (C=O) groups excluding carboxylic acids is 2. The number of hydrogen-bond acceptors (Lipinski definition) is 12. The number of anilines is 4. The van der Waals surface area contributed by atoms with E-state index in [1.165, 1.54) is 14.2 Å². The molecule has 0 saturated carbocycles. The molecule has 1 saturated heterocycles. The van der Waals surface area contributed by atoms with Crippen molar-refractivity contribution >= 4 is 43.0 Å². The van der Waals surface area contributed by atoms with Gasteiger partial charge in [-0.3, -0.25) is 4.90 Å². The number of ether oxygens (including phenoxy) is 4. The Kier molecular flexibility index (Phi) is 11.1. The summed E-state index contributed by atoms with van der Waals surface area (Å²) >= 11 is 0. The van der Waals surface area contributed by atoms with E-state index in [0.29, 0.717) is 53.9 Å². The fraction of sp³-hybridized carbons (Fsp3) is 0.515. The Morgan fingerprint density at radius 2 is 1.35 bits per heavy atom. The second-order valence-electron chi connectivity index (χ2n) is 13.2. The highest BCUT2D eigenvalue weighted by Gasteiger charge is 2.41. The van der Waals surface area contributed by atoms with Crippen molar-refractivity contribution in [2.45, 2.75) is 57.5 Å². The van der Waals surface area contributed by atoms with Gasteiger partial charge in [-0.15, -0.1) is 0 Å². The summed E-state index contributed by atoms with van der Waals surface area (Å²) in [5, 5.41) is 6.73. The number of hydrogen-bond donors (Lipinski definition) is 4. The molecule has 1 unspecified atom stereocenters. The summed E-state index contributed by atoms with van der Waals surface area (Å²) in [6.45, 7) is 14.1. The standard InChI is InChI=1S/C33H49N5O7Si/c1-33(2,3)46(6,7)45-24-10-13-38(18-24)23-19-43-27-16-21(31(39)41-4)14-25(34)29(27)36-11-8-9-12-37-30-26(35)15-22(32(40)42-5)17-28(30)44-20-23/h8-9,14-17,23-24,36-37H,10-13,18-20,34-35H2,1-7H3/b9-8+. The lowest BCUT2D eigenvalue weighted by Crippen LogP contribution is -2.46. The molecule has 2 aliphatic rings. The number of nitrogens with zero attached hydrogens (tertiary/aromatic N) is 1. The summed E-state index contributed by atoms with van der Waals surface area (Å²) in [5.41, 5.74) is 15.3. The molecule has 1 atom stereocenters. The van der Waals surface area contributed by atoms with Gasteiger partial charge in [-0.2, -0.15) is 0 Å². The average Bonchev–Trinajstić information content (AvgIpc) is 3.45. The summed E-state index contributed by atoms with van der Waals surface area (Å²) < 4.78 is 29.6. The van der Waals surface area contributed by atoms with Crippen LogP contribution in [0, 0.1) is 0 Å². The number of nitrogens with one attached hydrogen (secondary N) is 2. The molecule has 0 bridgehead atoms. The van der Waals surface area contributed by atoms with Crippen molar-refractivity contribution in [3.05, 3.63) is 47.5 Å². The molecule has 2 aromatic rings. The van der Waals surface area contributed by atoms with E-state index in [-0.39, 0.29) is 41.5 Å². The van der Waals surface area contributed by atoms with E-state index in [1.807, 2.05) is 12.2 Å². The lowest BCUT2D eigenvalue weighted by molar-refractivity contribution is 0.0591. The van der Waals surface area contributed by atoms with Crippen LogP contribution in [0.15, 0.2) is 36.4 Å². The van der Waals surface area contributed by atoms with Gasteiger partial charge in [0.05, 0.1) is 48.9 Å². The van der Waals surface area contributed by atoms with Crippen LogP contribution in [-0.2, 0) is 13.9 Å². The quantitative estimate of drug-likeness (QED) is 0.152. The summed E-state index contributed by atoms with van der Waals surface area (Å²) in [4.78, 5) is 27.2. The zero-order valence-corrected chi connectivity index (χ0v) is 29.0. The third-order valence-electron chi connectivity index (χ3n) is 8.89. The molecule has 12 nitrogen and oxygen atoms in total. The smallest absolute Gasteiger partial charge is 0.338 e. The van der Waals surface area contributed by atoms with Crippen molar-refractivity contribution in [3.63, 3.8) is 0 Å². The number of methoxy groups -OCH3 is 2. The number of nitrogens with two attached hydrogens (primary N) is 2. The van der Waals surface area contributed by atoms with Crippen LogP contribution in [-0.4, -0.2) is 90.9 Å². The lowest BCUT2D eigenvalue weighted by atomic mass is 10.1. The SMILES string of the molecule is COC(=O)c1cc(N)c2c(c1)OCC(N1CCC(O[Si](C)(C)C(C)(C)C)C1)COc1cc(C(=O)OC)cc(N)c1NC/C=C/CN2. The van der Waals surface area contributed by atoms with Crippen LogP contribution >= 0.6 is 0 Å². The van der Waals surface area contributed by atoms with E-state index in [2.05, 4.69) is 49.4 Å². The number of rotatable bonds is 5. The molecular formula is C33H49N5O7Si. The van der Waals surface area contributed by atoms with Gasteiger partial charge in [0.15, 0.2) is 8.32 Å². The normalized spacial score (nSPS) is 19.1. The van der Waals surface area contributed by atoms with E-state index in [4.69, 9.17) is 34.8 Å². The van der Waals surface area contributed by atoms with Gasteiger partial charge >= 0.3 is 11.9 Å². The molecule has 6 N–H and O–H groups in total. The number of likely N-dealkylation sites (tertiary alicyclic amines) is 1. The minimum absolute atomic E-state index is 0.0784.